The molecule has 0 aliphatic carbocycles. The maximum Gasteiger partial charge on any atom is 0.303 e. The molecule has 18 N–H and O–H groups in total. The summed E-state index contributed by atoms with van der Waals surface area (Å²) in [4.78, 5) is 69.0. The lowest BCUT2D eigenvalue weighted by Gasteiger charge is -2.51. The SMILES string of the molecule is O=C(O)CCCSC[C@H]1O[C@@H]2O[C@H]3[C@H](O)[C@@H](O)[C@@H](O[C@H]4[C@H](O)[C@@H](O)[C@@H](O[C@H]5[C@H](O)[C@@H](O)[C@@H](O[C@H]6[C@H](O)[C@@H](O)[C@@H](O[C@H]7[C@H](O)[C@@H](O)[C@@H](O[C@H]1[C@H](O)[C@H]2O)O[C@@H]7CSCCCC(=O)O)O[C@@H]6CSCCCC(=O)O)O[C@@H]5CSCCCC(=O)O)O[C@@H]4CSCCCC(=O)O)O[C@@H]3CSCCCC(=O)O. The van der Waals surface area contributed by atoms with Crippen LogP contribution in [0.4, 0.5) is 0 Å². The zero-order valence-electron chi connectivity index (χ0n) is 55.1. The lowest BCUT2D eigenvalue weighted by Crippen LogP contribution is -2.69. The molecule has 42 heteroatoms. The number of carbonyl (C=O) groups is 6. The third-order valence-corrected chi connectivity index (χ3v) is 24.2. The van der Waals surface area contributed by atoms with Crippen molar-refractivity contribution in [3.63, 3.8) is 0 Å². The molecule has 0 aromatic carbocycles. The maximum atomic E-state index is 12.2. The van der Waals surface area contributed by atoms with E-state index in [9.17, 15) is 121 Å². The molecule has 0 aromatic rings. The van der Waals surface area contributed by atoms with Gasteiger partial charge in [0, 0.05) is 73.0 Å². The number of carboxylic acid groups (broad SMARTS) is 6. The molecule has 0 radical (unpaired) electrons. The van der Waals surface area contributed by atoms with Crippen LogP contribution in [0.1, 0.15) is 77.0 Å². The van der Waals surface area contributed by atoms with Gasteiger partial charge in [-0.05, 0) is 73.0 Å². The van der Waals surface area contributed by atoms with Crippen LogP contribution in [-0.2, 0) is 85.6 Å². The van der Waals surface area contributed by atoms with Crippen LogP contribution in [0.25, 0.3) is 0 Å². The number of hydrogen-bond acceptors (Lipinski definition) is 36. The Morgan fingerprint density at radius 1 is 0.206 bits per heavy atom. The Hall–Kier alpha value is -2.04. The largest absolute Gasteiger partial charge is 0.481 e. The van der Waals surface area contributed by atoms with E-state index in [4.69, 9.17) is 56.8 Å². The fraction of sp³-hybridized carbons (Fsp3) is 0.900. The van der Waals surface area contributed by atoms with E-state index in [-0.39, 0.29) is 146 Å². The van der Waals surface area contributed by atoms with Crippen LogP contribution in [0, 0.1) is 0 Å². The minimum Gasteiger partial charge on any atom is -0.481 e. The highest BCUT2D eigenvalue weighted by atomic mass is 32.2. The molecule has 102 heavy (non-hydrogen) atoms. The fourth-order valence-electron chi connectivity index (χ4n) is 12.0. The molecule has 0 unspecified atom stereocenters. The summed E-state index contributed by atoms with van der Waals surface area (Å²) in [6, 6.07) is 0. The van der Waals surface area contributed by atoms with E-state index in [1.807, 2.05) is 0 Å². The first-order valence-electron chi connectivity index (χ1n) is 33.4. The molecular weight excluding hydrogens is 1490 g/mol. The monoisotopic (exact) mass is 1580 g/mol. The number of rotatable bonds is 36. The number of thioether (sulfide) groups is 6. The van der Waals surface area contributed by atoms with Gasteiger partial charge in [-0.15, -0.1) is 0 Å². The Kier molecular flexibility index (Phi) is 37.1. The molecule has 588 valence electrons. The first-order valence-corrected chi connectivity index (χ1v) is 40.3. The van der Waals surface area contributed by atoms with Crippen LogP contribution < -0.4 is 0 Å². The van der Waals surface area contributed by atoms with Crippen LogP contribution in [0.15, 0.2) is 0 Å². The molecule has 22 fully saturated rings. The first-order chi connectivity index (χ1) is 48.6. The van der Waals surface area contributed by atoms with Gasteiger partial charge < -0.3 is 149 Å². The van der Waals surface area contributed by atoms with Gasteiger partial charge >= 0.3 is 35.8 Å². The molecule has 22 saturated heterocycles. The maximum absolute atomic E-state index is 12.2. The van der Waals surface area contributed by atoms with Gasteiger partial charge in [-0.25, -0.2) is 0 Å². The van der Waals surface area contributed by atoms with Gasteiger partial charge in [0.15, 0.2) is 37.7 Å². The highest BCUT2D eigenvalue weighted by Gasteiger charge is 2.59. The summed E-state index contributed by atoms with van der Waals surface area (Å²) >= 11 is 6.60. The summed E-state index contributed by atoms with van der Waals surface area (Å²) in [7, 11) is 0. The zero-order valence-corrected chi connectivity index (χ0v) is 60.0. The van der Waals surface area contributed by atoms with Gasteiger partial charge in [0.25, 0.3) is 0 Å². The standard InChI is InChI=1S/C60H96O36S6/c61-31(62)7-1-13-97-19-25-49-37(73)43(79)55(85-25)92-50-26(20-98-14-2-8-32(63)64)87-57(45(81)39(50)75)94-52-28(22-100-16-4-10-34(67)68)89-59(47(83)41(52)77)96-54-30(24-102-18-6-12-36(71)72)90-60(48(84)42(54)78)95-53-29(23-101-17-5-11-35(69)70)88-58(46(82)40(53)76)93-51-27(21-99-15-3-9-33(65)66)86-56(91-49)44(80)38(51)74/h25-30,37-60,73-84H,1-24H2,(H,61,62)(H,63,64)(H,65,66)(H,67,68)(H,69,70)(H,71,72)/t25-,26-,27-,28-,29-,30-,37-,38-,39-,40-,41-,42-,43-,44-,45-,46-,47-,48-,49-,50-,51-,52-,53-,54-,55-,56-,57-,58-,59-,60-/m1/s1. The van der Waals surface area contributed by atoms with Gasteiger partial charge in [-0.2, -0.15) is 70.6 Å². The summed E-state index contributed by atoms with van der Waals surface area (Å²) in [5.41, 5.74) is 0. The second kappa shape index (κ2) is 43.4. The number of ether oxygens (including phenoxy) is 12. The number of aliphatic hydroxyl groups excluding tert-OH is 12. The molecule has 36 nitrogen and oxygen atoms in total. The quantitative estimate of drug-likeness (QED) is 0.0272. The van der Waals surface area contributed by atoms with Crippen LogP contribution in [0.2, 0.25) is 0 Å². The van der Waals surface area contributed by atoms with Crippen molar-refractivity contribution < 1.29 is 178 Å². The zero-order chi connectivity index (χ0) is 74.5. The number of aliphatic carboxylic acids is 6. The van der Waals surface area contributed by atoms with Gasteiger partial charge in [-0.3, -0.25) is 28.8 Å². The van der Waals surface area contributed by atoms with Crippen molar-refractivity contribution in [3.05, 3.63) is 0 Å². The summed E-state index contributed by atoms with van der Waals surface area (Å²) in [5, 5.41) is 201. The third kappa shape index (κ3) is 25.5. The van der Waals surface area contributed by atoms with Gasteiger partial charge in [0.05, 0.1) is 36.6 Å². The van der Waals surface area contributed by atoms with Crippen molar-refractivity contribution in [2.45, 2.75) is 261 Å². The van der Waals surface area contributed by atoms with E-state index < -0.39 is 220 Å². The number of hydrogen-bond donors (Lipinski definition) is 18. The Labute approximate surface area is 611 Å². The van der Waals surface area contributed by atoms with Crippen molar-refractivity contribution in [2.24, 2.45) is 0 Å². The Morgan fingerprint density at radius 3 is 0.451 bits per heavy atom. The van der Waals surface area contributed by atoms with Crippen molar-refractivity contribution in [3.8, 4) is 0 Å². The molecule has 0 amide bonds. The molecule has 22 aliphatic rings. The lowest BCUT2D eigenvalue weighted by atomic mass is 9.95. The second-order valence-corrected chi connectivity index (χ2v) is 32.1. The predicted octanol–water partition coefficient (Wildman–Crippen LogP) is -3.42. The van der Waals surface area contributed by atoms with E-state index in [1.54, 1.807) is 0 Å². The molecule has 22 rings (SSSR count). The van der Waals surface area contributed by atoms with Crippen molar-refractivity contribution in [2.75, 3.05) is 69.0 Å². The van der Waals surface area contributed by atoms with Gasteiger partial charge in [0.1, 0.15) is 110 Å². The molecule has 0 spiro atoms. The number of aliphatic hydroxyl groups is 12. The summed E-state index contributed by atoms with van der Waals surface area (Å²) in [6.07, 6.45) is -57.1. The van der Waals surface area contributed by atoms with Crippen LogP contribution in [0.5, 0.6) is 0 Å². The topological polar surface area (TPSA) is 577 Å². The number of carboxylic acids is 6. The van der Waals surface area contributed by atoms with E-state index in [2.05, 4.69) is 0 Å². The third-order valence-electron chi connectivity index (χ3n) is 17.4. The average molecular weight is 1590 g/mol. The summed E-state index contributed by atoms with van der Waals surface area (Å²) in [6.45, 7) is 0. The van der Waals surface area contributed by atoms with Crippen molar-refractivity contribution in [1.29, 1.82) is 0 Å². The minimum absolute atomic E-state index is 0.133. The summed E-state index contributed by atoms with van der Waals surface area (Å²) in [5.74, 6) is -6.72. The molecule has 22 heterocycles. The summed E-state index contributed by atoms with van der Waals surface area (Å²) < 4.78 is 75.8. The Bertz CT molecular complexity index is 2150. The van der Waals surface area contributed by atoms with Crippen molar-refractivity contribution >= 4 is 106 Å². The molecule has 0 aromatic heterocycles. The van der Waals surface area contributed by atoms with Gasteiger partial charge in [-0.1, -0.05) is 0 Å². The normalized spacial score (nSPS) is 39.8. The van der Waals surface area contributed by atoms with Crippen molar-refractivity contribution in [1.82, 2.24) is 0 Å². The molecular formula is C60H96O36S6. The van der Waals surface area contributed by atoms with Gasteiger partial charge in [0.2, 0.25) is 0 Å². The Balaban J connectivity index is 1.30. The molecule has 22 aliphatic heterocycles. The van der Waals surface area contributed by atoms with E-state index >= 15 is 0 Å². The smallest absolute Gasteiger partial charge is 0.303 e. The van der Waals surface area contributed by atoms with E-state index in [1.165, 1.54) is 0 Å². The fourth-order valence-corrected chi connectivity index (χ4v) is 18.1. The van der Waals surface area contributed by atoms with Crippen LogP contribution in [0.3, 0.4) is 0 Å². The molecule has 30 atom stereocenters. The Morgan fingerprint density at radius 2 is 0.333 bits per heavy atom. The highest BCUT2D eigenvalue weighted by Crippen LogP contribution is 2.41. The predicted molar refractivity (Wildman–Crippen MR) is 358 cm³/mol. The minimum atomic E-state index is -2.16. The van der Waals surface area contributed by atoms with E-state index in [0.717, 1.165) is 70.6 Å². The first kappa shape index (κ1) is 87.2. The second-order valence-electron chi connectivity index (χ2n) is 25.2. The van der Waals surface area contributed by atoms with E-state index in [0.29, 0.717) is 0 Å². The molecule has 0 saturated carbocycles. The highest BCUT2D eigenvalue weighted by molar-refractivity contribution is 8.00. The van der Waals surface area contributed by atoms with Crippen LogP contribution >= 0.6 is 70.6 Å². The van der Waals surface area contributed by atoms with Crippen LogP contribution in [-0.4, -0.2) is 381 Å². The average Bonchev–Trinajstić information content (AvgIpc) is 0.774. The molecule has 12 bridgehead atoms. The lowest BCUT2D eigenvalue weighted by molar-refractivity contribution is -0.396.